The Morgan fingerprint density at radius 2 is 2.04 bits per heavy atom. The summed E-state index contributed by atoms with van der Waals surface area (Å²) in [4.78, 5) is 23.7. The van der Waals surface area contributed by atoms with E-state index in [-0.39, 0.29) is 11.5 Å². The molecule has 9 heteroatoms. The first-order valence-corrected chi connectivity index (χ1v) is 8.98. The van der Waals surface area contributed by atoms with Gasteiger partial charge in [0.05, 0.1) is 30.2 Å². The van der Waals surface area contributed by atoms with Gasteiger partial charge in [-0.15, -0.1) is 0 Å². The lowest BCUT2D eigenvalue weighted by molar-refractivity contribution is 0.122. The predicted molar refractivity (Wildman–Crippen MR) is 98.1 cm³/mol. The van der Waals surface area contributed by atoms with Gasteiger partial charge in [-0.3, -0.25) is 19.4 Å². The van der Waals surface area contributed by atoms with E-state index in [1.165, 1.54) is 5.56 Å². The quantitative estimate of drug-likeness (QED) is 0.781. The average Bonchev–Trinajstić information content (AvgIpc) is 2.89. The van der Waals surface area contributed by atoms with E-state index in [4.69, 9.17) is 10.5 Å². The Hall–Kier alpha value is -2.39. The minimum Gasteiger partial charge on any atom is -0.378 e. The van der Waals surface area contributed by atoms with Gasteiger partial charge in [0, 0.05) is 51.8 Å². The molecule has 0 saturated carbocycles. The Morgan fingerprint density at radius 3 is 2.81 bits per heavy atom. The fourth-order valence-electron chi connectivity index (χ4n) is 3.90. The lowest BCUT2D eigenvalue weighted by atomic mass is 10.1. The van der Waals surface area contributed by atoms with Crippen molar-refractivity contribution in [3.8, 4) is 0 Å². The SMILES string of the molecule is Cc1nn(C)c(N2CCOCC2)c1CN1CCc2nc(N)[nH]c(=O)c2C1. The fraction of sp³-hybridized carbons (Fsp3) is 0.588. The number of hydrogen-bond acceptors (Lipinski definition) is 7. The number of nitrogens with zero attached hydrogens (tertiary/aromatic N) is 5. The van der Waals surface area contributed by atoms with Crippen molar-refractivity contribution in [2.24, 2.45) is 7.05 Å². The Balaban J connectivity index is 1.59. The lowest BCUT2D eigenvalue weighted by Gasteiger charge is -2.32. The highest BCUT2D eigenvalue weighted by atomic mass is 16.5. The van der Waals surface area contributed by atoms with Crippen molar-refractivity contribution in [2.45, 2.75) is 26.4 Å². The summed E-state index contributed by atoms with van der Waals surface area (Å²) in [6, 6.07) is 0. The third kappa shape index (κ3) is 3.08. The van der Waals surface area contributed by atoms with Crippen LogP contribution in [-0.4, -0.2) is 57.5 Å². The number of aromatic amines is 1. The Kier molecular flexibility index (Phi) is 4.41. The second-order valence-corrected chi connectivity index (χ2v) is 6.95. The third-order valence-corrected chi connectivity index (χ3v) is 5.17. The maximum Gasteiger partial charge on any atom is 0.257 e. The second kappa shape index (κ2) is 6.73. The molecule has 0 atom stereocenters. The van der Waals surface area contributed by atoms with Gasteiger partial charge in [0.25, 0.3) is 5.56 Å². The minimum atomic E-state index is -0.131. The first kappa shape index (κ1) is 17.0. The molecular formula is C17H25N7O2. The van der Waals surface area contributed by atoms with Crippen LogP contribution in [0.15, 0.2) is 4.79 Å². The Bertz CT molecular complexity index is 867. The summed E-state index contributed by atoms with van der Waals surface area (Å²) in [7, 11) is 1.99. The third-order valence-electron chi connectivity index (χ3n) is 5.17. The highest BCUT2D eigenvalue weighted by Crippen LogP contribution is 2.27. The highest BCUT2D eigenvalue weighted by Gasteiger charge is 2.26. The number of nitrogen functional groups attached to an aromatic ring is 1. The molecule has 2 aromatic heterocycles. The molecule has 0 aromatic carbocycles. The topological polar surface area (TPSA) is 105 Å². The normalized spacial score (nSPS) is 18.2. The number of fused-ring (bicyclic) bond motifs is 1. The molecule has 0 unspecified atom stereocenters. The smallest absolute Gasteiger partial charge is 0.257 e. The molecule has 0 aliphatic carbocycles. The van der Waals surface area contributed by atoms with Crippen molar-refractivity contribution in [1.29, 1.82) is 0 Å². The zero-order valence-corrected chi connectivity index (χ0v) is 15.3. The number of rotatable bonds is 3. The second-order valence-electron chi connectivity index (χ2n) is 6.95. The van der Waals surface area contributed by atoms with Crippen LogP contribution in [0, 0.1) is 6.92 Å². The molecule has 0 amide bonds. The van der Waals surface area contributed by atoms with E-state index in [2.05, 4.69) is 24.9 Å². The maximum atomic E-state index is 12.2. The first-order valence-electron chi connectivity index (χ1n) is 8.98. The molecule has 1 saturated heterocycles. The summed E-state index contributed by atoms with van der Waals surface area (Å²) < 4.78 is 7.44. The number of hydrogen-bond donors (Lipinski definition) is 2. The minimum absolute atomic E-state index is 0.131. The van der Waals surface area contributed by atoms with Crippen LogP contribution in [0.3, 0.4) is 0 Å². The molecule has 0 radical (unpaired) electrons. The zero-order valence-electron chi connectivity index (χ0n) is 15.3. The van der Waals surface area contributed by atoms with Crippen LogP contribution in [0.2, 0.25) is 0 Å². The molecule has 4 rings (SSSR count). The monoisotopic (exact) mass is 359 g/mol. The van der Waals surface area contributed by atoms with Gasteiger partial charge in [-0.05, 0) is 6.92 Å². The van der Waals surface area contributed by atoms with E-state index in [1.54, 1.807) is 0 Å². The van der Waals surface area contributed by atoms with E-state index < -0.39 is 0 Å². The van der Waals surface area contributed by atoms with Gasteiger partial charge in [-0.2, -0.15) is 5.10 Å². The number of nitrogens with one attached hydrogen (secondary N) is 1. The van der Waals surface area contributed by atoms with Gasteiger partial charge >= 0.3 is 0 Å². The Morgan fingerprint density at radius 1 is 1.27 bits per heavy atom. The molecule has 26 heavy (non-hydrogen) atoms. The first-order chi connectivity index (χ1) is 12.5. The fourth-order valence-corrected chi connectivity index (χ4v) is 3.90. The van der Waals surface area contributed by atoms with Gasteiger partial charge in [0.2, 0.25) is 5.95 Å². The average molecular weight is 359 g/mol. The number of ether oxygens (including phenoxy) is 1. The Labute approximate surface area is 151 Å². The van der Waals surface area contributed by atoms with Crippen LogP contribution in [0.25, 0.3) is 0 Å². The number of H-pyrrole nitrogens is 1. The van der Waals surface area contributed by atoms with Crippen molar-refractivity contribution >= 4 is 11.8 Å². The van der Waals surface area contributed by atoms with Crippen LogP contribution in [0.5, 0.6) is 0 Å². The van der Waals surface area contributed by atoms with Gasteiger partial charge in [0.1, 0.15) is 5.82 Å². The molecule has 2 aliphatic rings. The predicted octanol–water partition coefficient (Wildman–Crippen LogP) is -0.211. The number of nitrogens with two attached hydrogens (primary N) is 1. The standard InChI is InChI=1S/C17H25N7O2/c1-11-12(16(22(2)21-11)24-5-7-26-8-6-24)9-23-4-3-14-13(10-23)15(25)20-17(18)19-14/h3-10H2,1-2H3,(H3,18,19,20,25). The van der Waals surface area contributed by atoms with Crippen molar-refractivity contribution in [3.05, 3.63) is 32.9 Å². The van der Waals surface area contributed by atoms with Crippen LogP contribution in [0.4, 0.5) is 11.8 Å². The molecule has 3 N–H and O–H groups in total. The van der Waals surface area contributed by atoms with E-state index in [1.807, 2.05) is 18.7 Å². The molecule has 2 aliphatic heterocycles. The van der Waals surface area contributed by atoms with Crippen molar-refractivity contribution in [2.75, 3.05) is 43.5 Å². The summed E-state index contributed by atoms with van der Waals surface area (Å²) in [5.41, 5.74) is 9.32. The highest BCUT2D eigenvalue weighted by molar-refractivity contribution is 5.50. The van der Waals surface area contributed by atoms with Gasteiger partial charge in [0.15, 0.2) is 0 Å². The molecule has 4 heterocycles. The van der Waals surface area contributed by atoms with Gasteiger partial charge in [-0.25, -0.2) is 4.98 Å². The van der Waals surface area contributed by atoms with E-state index >= 15 is 0 Å². The number of morpholine rings is 1. The summed E-state index contributed by atoms with van der Waals surface area (Å²) in [6.45, 7) is 7.46. The lowest BCUT2D eigenvalue weighted by Crippen LogP contribution is -2.39. The van der Waals surface area contributed by atoms with E-state index in [9.17, 15) is 4.79 Å². The zero-order chi connectivity index (χ0) is 18.3. The largest absolute Gasteiger partial charge is 0.378 e. The molecule has 1 fully saturated rings. The van der Waals surface area contributed by atoms with Crippen molar-refractivity contribution < 1.29 is 4.74 Å². The summed E-state index contributed by atoms with van der Waals surface area (Å²) in [6.07, 6.45) is 0.732. The van der Waals surface area contributed by atoms with E-state index in [0.717, 1.165) is 68.6 Å². The van der Waals surface area contributed by atoms with Gasteiger partial charge < -0.3 is 15.4 Å². The maximum absolute atomic E-state index is 12.2. The van der Waals surface area contributed by atoms with Crippen LogP contribution in [-0.2, 0) is 31.3 Å². The van der Waals surface area contributed by atoms with Crippen LogP contribution < -0.4 is 16.2 Å². The number of aryl methyl sites for hydroxylation is 2. The van der Waals surface area contributed by atoms with Crippen LogP contribution >= 0.6 is 0 Å². The molecule has 0 spiro atoms. The molecular weight excluding hydrogens is 334 g/mol. The van der Waals surface area contributed by atoms with E-state index in [0.29, 0.717) is 6.54 Å². The van der Waals surface area contributed by atoms with Crippen molar-refractivity contribution in [3.63, 3.8) is 0 Å². The molecule has 0 bridgehead atoms. The summed E-state index contributed by atoms with van der Waals surface area (Å²) in [5.74, 6) is 1.35. The number of aromatic nitrogens is 4. The van der Waals surface area contributed by atoms with Gasteiger partial charge in [-0.1, -0.05) is 0 Å². The molecule has 9 nitrogen and oxygen atoms in total. The summed E-state index contributed by atoms with van der Waals surface area (Å²) >= 11 is 0. The number of anilines is 2. The molecule has 140 valence electrons. The molecule has 2 aromatic rings. The van der Waals surface area contributed by atoms with Crippen LogP contribution in [0.1, 0.15) is 22.5 Å². The summed E-state index contributed by atoms with van der Waals surface area (Å²) in [5, 5.41) is 4.64. The van der Waals surface area contributed by atoms with Crippen molar-refractivity contribution in [1.82, 2.24) is 24.6 Å².